The molecule has 13 heavy (non-hydrogen) atoms. The Morgan fingerprint density at radius 3 is 1.15 bits per heavy atom. The van der Waals surface area contributed by atoms with Crippen molar-refractivity contribution in [1.82, 2.24) is 0 Å². The zero-order valence-corrected chi connectivity index (χ0v) is 9.29. The lowest BCUT2D eigenvalue weighted by Gasteiger charge is -1.92. The summed E-state index contributed by atoms with van der Waals surface area (Å²) in [4.78, 5) is 0. The van der Waals surface area contributed by atoms with Gasteiger partial charge < -0.3 is 0 Å². The molecule has 0 aliphatic heterocycles. The van der Waals surface area contributed by atoms with Gasteiger partial charge in [-0.25, -0.2) is 0 Å². The van der Waals surface area contributed by atoms with Gasteiger partial charge in [0.25, 0.3) is 0 Å². The largest absolute Gasteiger partial charge is 0.0616 e. The SMILES string of the molecule is S=S=S.c1ccc2ccccc2c1. The third-order valence-electron chi connectivity index (χ3n) is 1.66. The zero-order chi connectivity index (χ0) is 9.52. The van der Waals surface area contributed by atoms with Crippen LogP contribution < -0.4 is 0 Å². The van der Waals surface area contributed by atoms with Crippen molar-refractivity contribution in [3.63, 3.8) is 0 Å². The van der Waals surface area contributed by atoms with Gasteiger partial charge in [0.1, 0.15) is 0 Å². The van der Waals surface area contributed by atoms with Gasteiger partial charge in [-0.15, -0.1) is 0 Å². The van der Waals surface area contributed by atoms with Gasteiger partial charge in [0, 0.05) is 31.3 Å². The van der Waals surface area contributed by atoms with E-state index in [9.17, 15) is 0 Å². The summed E-state index contributed by atoms with van der Waals surface area (Å²) in [6, 6.07) is 16.7. The molecule has 0 atom stereocenters. The Bertz CT molecular complexity index is 352. The molecule has 0 saturated heterocycles. The van der Waals surface area contributed by atoms with Crippen LogP contribution in [0.4, 0.5) is 0 Å². The van der Waals surface area contributed by atoms with Crippen LogP contribution in [0.15, 0.2) is 48.5 Å². The molecule has 0 aliphatic carbocycles. The maximum absolute atomic E-state index is 4.12. The molecule has 0 nitrogen and oxygen atoms in total. The van der Waals surface area contributed by atoms with Crippen LogP contribution in [0.25, 0.3) is 10.8 Å². The molecule has 66 valence electrons. The van der Waals surface area contributed by atoms with Crippen molar-refractivity contribution in [1.29, 1.82) is 0 Å². The lowest BCUT2D eigenvalue weighted by atomic mass is 10.1. The number of rotatable bonds is 0. The molecular weight excluding hydrogens is 216 g/mol. The van der Waals surface area contributed by atoms with E-state index in [-0.39, 0.29) is 0 Å². The van der Waals surface area contributed by atoms with Gasteiger partial charge >= 0.3 is 0 Å². The monoisotopic (exact) mass is 224 g/mol. The summed E-state index contributed by atoms with van der Waals surface area (Å²) in [5.74, 6) is 0. The molecule has 0 N–H and O–H groups in total. The fourth-order valence-electron chi connectivity index (χ4n) is 1.13. The second-order valence-corrected chi connectivity index (χ2v) is 4.18. The van der Waals surface area contributed by atoms with Crippen LogP contribution in [0.5, 0.6) is 0 Å². The van der Waals surface area contributed by atoms with Gasteiger partial charge in [0.2, 0.25) is 0 Å². The summed E-state index contributed by atoms with van der Waals surface area (Å²) in [6.45, 7) is 0. The molecule has 0 radical (unpaired) electrons. The van der Waals surface area contributed by atoms with Crippen molar-refractivity contribution < 1.29 is 0 Å². The summed E-state index contributed by atoms with van der Waals surface area (Å²) < 4.78 is 0. The highest BCUT2D eigenvalue weighted by molar-refractivity contribution is 8.37. The average molecular weight is 224 g/mol. The minimum Gasteiger partial charge on any atom is -0.0616 e. The predicted molar refractivity (Wildman–Crippen MR) is 66.0 cm³/mol. The normalized spacial score (nSPS) is 8.62. The third-order valence-corrected chi connectivity index (χ3v) is 1.66. The first-order chi connectivity index (χ1) is 6.38. The highest BCUT2D eigenvalue weighted by atomic mass is 33.1. The molecule has 0 aromatic heterocycles. The Balaban J connectivity index is 0.000000251. The summed E-state index contributed by atoms with van der Waals surface area (Å²) in [6.07, 6.45) is 0. The maximum Gasteiger partial charge on any atom is 0 e. The van der Waals surface area contributed by atoms with Crippen LogP contribution in [-0.4, -0.2) is 0 Å². The van der Waals surface area contributed by atoms with Gasteiger partial charge in [0.05, 0.1) is 0 Å². The van der Waals surface area contributed by atoms with E-state index in [1.54, 1.807) is 0 Å². The van der Waals surface area contributed by atoms with Crippen molar-refractivity contribution >= 4 is 42.0 Å². The Morgan fingerprint density at radius 1 is 0.692 bits per heavy atom. The van der Waals surface area contributed by atoms with E-state index in [4.69, 9.17) is 0 Å². The van der Waals surface area contributed by atoms with Gasteiger partial charge in [-0.2, -0.15) is 0 Å². The first-order valence-electron chi connectivity index (χ1n) is 3.74. The Hall–Kier alpha value is -0.640. The van der Waals surface area contributed by atoms with Crippen LogP contribution in [0.2, 0.25) is 0 Å². The number of fused-ring (bicyclic) bond motifs is 1. The minimum atomic E-state index is 0.917. The fraction of sp³-hybridized carbons (Fsp3) is 0. The number of benzene rings is 2. The quantitative estimate of drug-likeness (QED) is 0.675. The van der Waals surface area contributed by atoms with Crippen LogP contribution in [0.3, 0.4) is 0 Å². The number of hydrogen-bond acceptors (Lipinski definition) is 2. The van der Waals surface area contributed by atoms with Crippen LogP contribution >= 0.6 is 0 Å². The van der Waals surface area contributed by atoms with E-state index in [0.29, 0.717) is 0 Å². The minimum absolute atomic E-state index is 0.917. The van der Waals surface area contributed by atoms with E-state index in [0.717, 1.165) is 8.88 Å². The second kappa shape index (κ2) is 5.91. The molecule has 2 rings (SSSR count). The van der Waals surface area contributed by atoms with Crippen molar-refractivity contribution in [2.24, 2.45) is 0 Å². The number of hydrogen-bond donors (Lipinski definition) is 0. The van der Waals surface area contributed by atoms with E-state index < -0.39 is 0 Å². The second-order valence-electron chi connectivity index (χ2n) is 2.42. The first kappa shape index (κ1) is 10.4. The molecule has 0 spiro atoms. The smallest absolute Gasteiger partial charge is 0 e. The molecule has 0 heterocycles. The Kier molecular flexibility index (Phi) is 4.75. The summed E-state index contributed by atoms with van der Waals surface area (Å²) in [5.41, 5.74) is 0. The van der Waals surface area contributed by atoms with Gasteiger partial charge in [-0.1, -0.05) is 48.5 Å². The molecule has 0 amide bonds. The van der Waals surface area contributed by atoms with E-state index >= 15 is 0 Å². The average Bonchev–Trinajstić information content (AvgIpc) is 2.19. The van der Waals surface area contributed by atoms with E-state index in [1.807, 2.05) is 0 Å². The molecule has 3 heteroatoms. The highest BCUT2D eigenvalue weighted by Crippen LogP contribution is 2.11. The zero-order valence-electron chi connectivity index (χ0n) is 6.84. The Morgan fingerprint density at radius 2 is 0.923 bits per heavy atom. The molecule has 0 bridgehead atoms. The summed E-state index contributed by atoms with van der Waals surface area (Å²) in [5, 5.41) is 2.62. The van der Waals surface area contributed by atoms with E-state index in [1.165, 1.54) is 10.8 Å². The molecule has 0 aliphatic rings. The van der Waals surface area contributed by atoms with Gasteiger partial charge in [0.15, 0.2) is 0 Å². The molecule has 0 unspecified atom stereocenters. The molecule has 0 saturated carbocycles. The van der Waals surface area contributed by atoms with Crippen molar-refractivity contribution in [2.75, 3.05) is 0 Å². The third kappa shape index (κ3) is 3.30. The van der Waals surface area contributed by atoms with Crippen LogP contribution in [0.1, 0.15) is 0 Å². The molecule has 2 aromatic carbocycles. The van der Waals surface area contributed by atoms with Gasteiger partial charge in [-0.05, 0) is 10.8 Å². The molecule has 0 fully saturated rings. The lowest BCUT2D eigenvalue weighted by molar-refractivity contribution is 1.75. The fourth-order valence-corrected chi connectivity index (χ4v) is 1.13. The molecule has 2 aromatic rings. The Labute approximate surface area is 90.5 Å². The van der Waals surface area contributed by atoms with Crippen LogP contribution in [0, 0.1) is 0 Å². The van der Waals surface area contributed by atoms with Crippen molar-refractivity contribution in [3.8, 4) is 0 Å². The van der Waals surface area contributed by atoms with Gasteiger partial charge in [-0.3, -0.25) is 0 Å². The highest BCUT2D eigenvalue weighted by Gasteiger charge is 1.85. The van der Waals surface area contributed by atoms with E-state index in [2.05, 4.69) is 70.9 Å². The van der Waals surface area contributed by atoms with Crippen molar-refractivity contribution in [2.45, 2.75) is 0 Å². The first-order valence-corrected chi connectivity index (χ1v) is 6.40. The lowest BCUT2D eigenvalue weighted by Crippen LogP contribution is -1.67. The molecular formula is C10H8S3. The maximum atomic E-state index is 4.12. The summed E-state index contributed by atoms with van der Waals surface area (Å²) >= 11 is 8.25. The summed E-state index contributed by atoms with van der Waals surface area (Å²) in [7, 11) is 0.917. The topological polar surface area (TPSA) is 0 Å². The standard InChI is InChI=1S/C10H8.S3/c1-2-6-10-8-4-3-7-9(10)5-1;1-3-2/h1-8H;. The van der Waals surface area contributed by atoms with Crippen molar-refractivity contribution in [3.05, 3.63) is 48.5 Å². The van der Waals surface area contributed by atoms with Crippen LogP contribution in [-0.2, 0) is 31.3 Å². The predicted octanol–water partition coefficient (Wildman–Crippen LogP) is 2.83.